The number of hydrogen-bond donors (Lipinski definition) is 2. The summed E-state index contributed by atoms with van der Waals surface area (Å²) in [5, 5.41) is 7.56. The normalized spacial score (nSPS) is 14.4. The third-order valence-electron chi connectivity index (χ3n) is 5.46. The van der Waals surface area contributed by atoms with Gasteiger partial charge in [-0.2, -0.15) is 0 Å². The van der Waals surface area contributed by atoms with Crippen LogP contribution in [0.15, 0.2) is 41.4 Å². The van der Waals surface area contributed by atoms with Gasteiger partial charge in [0, 0.05) is 67.2 Å². The molecule has 2 N–H and O–H groups in total. The lowest BCUT2D eigenvalue weighted by Crippen LogP contribution is -2.48. The molecule has 3 rings (SSSR count). The van der Waals surface area contributed by atoms with Crippen molar-refractivity contribution in [2.45, 2.75) is 25.4 Å². The zero-order valence-electron chi connectivity index (χ0n) is 19.0. The number of guanidine groups is 1. The highest BCUT2D eigenvalue weighted by atomic mass is 127. The maximum atomic E-state index is 6.05. The number of hydrogen-bond acceptors (Lipinski definition) is 5. The van der Waals surface area contributed by atoms with Crippen LogP contribution >= 0.6 is 35.6 Å². The lowest BCUT2D eigenvalue weighted by Gasteiger charge is -2.34. The van der Waals surface area contributed by atoms with E-state index in [1.54, 1.807) is 28.4 Å². The average molecular weight is 575 g/mol. The molecule has 0 spiro atoms. The molecule has 1 heterocycles. The number of anilines is 1. The Morgan fingerprint density at radius 1 is 1.03 bits per heavy atom. The minimum Gasteiger partial charge on any atom is -0.497 e. The number of nitrogens with one attached hydrogen (secondary N) is 2. The highest BCUT2D eigenvalue weighted by Gasteiger charge is 2.21. The van der Waals surface area contributed by atoms with Crippen LogP contribution in [-0.2, 0) is 6.54 Å². The smallest absolute Gasteiger partial charge is 0.191 e. The number of aliphatic imine (C=N–C) groups is 1. The second kappa shape index (κ2) is 12.8. The molecule has 1 aliphatic heterocycles. The fraction of sp³-hybridized carbons (Fsp3) is 0.435. The van der Waals surface area contributed by atoms with E-state index in [-0.39, 0.29) is 24.0 Å². The molecule has 0 radical (unpaired) electrons. The van der Waals surface area contributed by atoms with Crippen LogP contribution in [0.1, 0.15) is 18.4 Å². The first-order valence-electron chi connectivity index (χ1n) is 10.3. The minimum atomic E-state index is 0. The van der Waals surface area contributed by atoms with E-state index in [0.29, 0.717) is 17.6 Å². The molecule has 2 aromatic rings. The van der Waals surface area contributed by atoms with Gasteiger partial charge in [-0.1, -0.05) is 17.7 Å². The van der Waals surface area contributed by atoms with Crippen molar-refractivity contribution in [1.29, 1.82) is 0 Å². The van der Waals surface area contributed by atoms with Crippen LogP contribution in [0, 0.1) is 0 Å². The van der Waals surface area contributed by atoms with Gasteiger partial charge in [0.1, 0.15) is 17.2 Å². The summed E-state index contributed by atoms with van der Waals surface area (Å²) in [6.07, 6.45) is 2.01. The van der Waals surface area contributed by atoms with Crippen LogP contribution in [0.4, 0.5) is 5.69 Å². The number of ether oxygens (including phenoxy) is 3. The lowest BCUT2D eigenvalue weighted by molar-refractivity contribution is 0.393. The molecule has 1 aliphatic rings. The first kappa shape index (κ1) is 26.2. The van der Waals surface area contributed by atoms with Crippen molar-refractivity contribution in [3.8, 4) is 17.2 Å². The molecule has 176 valence electrons. The Morgan fingerprint density at radius 3 is 2.25 bits per heavy atom. The Bertz CT molecular complexity index is 883. The average Bonchev–Trinajstić information content (AvgIpc) is 2.82. The van der Waals surface area contributed by atoms with E-state index in [9.17, 15) is 0 Å². The molecule has 1 saturated heterocycles. The molecule has 0 atom stereocenters. The summed E-state index contributed by atoms with van der Waals surface area (Å²) in [7, 11) is 6.78. The molecule has 0 amide bonds. The van der Waals surface area contributed by atoms with Gasteiger partial charge in [-0.05, 0) is 25.0 Å². The van der Waals surface area contributed by atoms with Crippen LogP contribution in [0.3, 0.4) is 0 Å². The molecule has 0 saturated carbocycles. The zero-order chi connectivity index (χ0) is 22.2. The Labute approximate surface area is 212 Å². The van der Waals surface area contributed by atoms with E-state index in [4.69, 9.17) is 25.8 Å². The summed E-state index contributed by atoms with van der Waals surface area (Å²) < 4.78 is 16.2. The summed E-state index contributed by atoms with van der Waals surface area (Å²) >= 11 is 6.05. The quantitative estimate of drug-likeness (QED) is 0.292. The van der Waals surface area contributed by atoms with E-state index < -0.39 is 0 Å². The van der Waals surface area contributed by atoms with Crippen LogP contribution < -0.4 is 29.7 Å². The molecular formula is C23H32ClIN4O3. The van der Waals surface area contributed by atoms with Crippen molar-refractivity contribution in [2.75, 3.05) is 46.4 Å². The van der Waals surface area contributed by atoms with Gasteiger partial charge >= 0.3 is 0 Å². The van der Waals surface area contributed by atoms with Crippen molar-refractivity contribution in [3.63, 3.8) is 0 Å². The Morgan fingerprint density at radius 2 is 1.69 bits per heavy atom. The predicted octanol–water partition coefficient (Wildman–Crippen LogP) is 4.32. The topological polar surface area (TPSA) is 67.4 Å². The van der Waals surface area contributed by atoms with Gasteiger partial charge in [0.2, 0.25) is 0 Å². The number of methoxy groups -OCH3 is 3. The first-order chi connectivity index (χ1) is 15.1. The molecule has 32 heavy (non-hydrogen) atoms. The van der Waals surface area contributed by atoms with E-state index >= 15 is 0 Å². The highest BCUT2D eigenvalue weighted by Crippen LogP contribution is 2.30. The van der Waals surface area contributed by atoms with Crippen molar-refractivity contribution >= 4 is 47.2 Å². The molecule has 7 nitrogen and oxygen atoms in total. The number of piperidine rings is 1. The summed E-state index contributed by atoms with van der Waals surface area (Å²) in [6.45, 7) is 2.48. The molecule has 0 aromatic heterocycles. The van der Waals surface area contributed by atoms with Crippen LogP contribution in [-0.4, -0.2) is 53.5 Å². The Hall–Kier alpha value is -2.07. The van der Waals surface area contributed by atoms with Gasteiger partial charge in [0.25, 0.3) is 0 Å². The molecule has 0 aliphatic carbocycles. The summed E-state index contributed by atoms with van der Waals surface area (Å²) in [4.78, 5) is 6.73. The molecule has 9 heteroatoms. The minimum absolute atomic E-state index is 0. The van der Waals surface area contributed by atoms with Gasteiger partial charge in [-0.15, -0.1) is 24.0 Å². The Kier molecular flexibility index (Phi) is 10.5. The lowest BCUT2D eigenvalue weighted by atomic mass is 10.0. The van der Waals surface area contributed by atoms with Crippen LogP contribution in [0.25, 0.3) is 0 Å². The van der Waals surface area contributed by atoms with Gasteiger partial charge in [0.15, 0.2) is 5.96 Å². The van der Waals surface area contributed by atoms with E-state index in [2.05, 4.69) is 32.7 Å². The van der Waals surface area contributed by atoms with Crippen LogP contribution in [0.5, 0.6) is 17.2 Å². The Balaban J connectivity index is 0.00000363. The maximum absolute atomic E-state index is 6.05. The number of nitrogens with zero attached hydrogens (tertiary/aromatic N) is 2. The number of rotatable bonds is 7. The van der Waals surface area contributed by atoms with E-state index in [1.165, 1.54) is 0 Å². The standard InChI is InChI=1S/C23H31ClN4O3.HI/c1-25-23(26-15-16-5-6-17(24)11-22(16)31-4)27-18-7-9-28(10-8-18)19-12-20(29-2)14-21(13-19)30-3;/h5-6,11-14,18H,7-10,15H2,1-4H3,(H2,25,26,27);1H. The van der Waals surface area contributed by atoms with E-state index in [1.807, 2.05) is 24.3 Å². The second-order valence-corrected chi connectivity index (χ2v) is 7.79. The van der Waals surface area contributed by atoms with Gasteiger partial charge < -0.3 is 29.7 Å². The number of halogens is 2. The second-order valence-electron chi connectivity index (χ2n) is 7.36. The maximum Gasteiger partial charge on any atom is 0.191 e. The van der Waals surface area contributed by atoms with Crippen LogP contribution in [0.2, 0.25) is 5.02 Å². The third-order valence-corrected chi connectivity index (χ3v) is 5.69. The third kappa shape index (κ3) is 6.96. The molecule has 1 fully saturated rings. The van der Waals surface area contributed by atoms with Gasteiger partial charge in [-0.25, -0.2) is 0 Å². The van der Waals surface area contributed by atoms with Crippen molar-refractivity contribution in [3.05, 3.63) is 47.0 Å². The molecular weight excluding hydrogens is 543 g/mol. The summed E-state index contributed by atoms with van der Waals surface area (Å²) in [5.74, 6) is 3.14. The largest absolute Gasteiger partial charge is 0.497 e. The van der Waals surface area contributed by atoms with E-state index in [0.717, 1.165) is 60.4 Å². The van der Waals surface area contributed by atoms with Crippen molar-refractivity contribution < 1.29 is 14.2 Å². The SMILES string of the molecule is CN=C(NCc1ccc(Cl)cc1OC)NC1CCN(c2cc(OC)cc(OC)c2)CC1.I. The molecule has 0 unspecified atom stereocenters. The monoisotopic (exact) mass is 574 g/mol. The number of benzene rings is 2. The molecule has 0 bridgehead atoms. The highest BCUT2D eigenvalue weighted by molar-refractivity contribution is 14.0. The predicted molar refractivity (Wildman–Crippen MR) is 142 cm³/mol. The first-order valence-corrected chi connectivity index (χ1v) is 10.7. The van der Waals surface area contributed by atoms with Gasteiger partial charge in [-0.3, -0.25) is 4.99 Å². The molecule has 2 aromatic carbocycles. The summed E-state index contributed by atoms with van der Waals surface area (Å²) in [5.41, 5.74) is 2.14. The van der Waals surface area contributed by atoms with Gasteiger partial charge in [0.05, 0.1) is 21.3 Å². The van der Waals surface area contributed by atoms with Crippen molar-refractivity contribution in [2.24, 2.45) is 4.99 Å². The summed E-state index contributed by atoms with van der Waals surface area (Å²) in [6, 6.07) is 12.0. The fourth-order valence-electron chi connectivity index (χ4n) is 3.69. The van der Waals surface area contributed by atoms with Crippen molar-refractivity contribution in [1.82, 2.24) is 10.6 Å². The fourth-order valence-corrected chi connectivity index (χ4v) is 3.85. The zero-order valence-corrected chi connectivity index (χ0v) is 22.1.